The van der Waals surface area contributed by atoms with Crippen LogP contribution in [0.4, 0.5) is 34.5 Å². The second-order valence-electron chi connectivity index (χ2n) is 22.4. The van der Waals surface area contributed by atoms with E-state index in [0.717, 1.165) is 123 Å². The minimum absolute atomic E-state index is 0. The average molecular weight is 1440 g/mol. The van der Waals surface area contributed by atoms with Crippen molar-refractivity contribution in [2.45, 2.75) is 93.1 Å². The van der Waals surface area contributed by atoms with Crippen LogP contribution in [-0.4, -0.2) is 138 Å². The number of benzene rings is 7. The molecule has 0 aliphatic heterocycles. The summed E-state index contributed by atoms with van der Waals surface area (Å²) < 4.78 is 87.1. The molecule has 98 heavy (non-hydrogen) atoms. The first kappa shape index (κ1) is 81.7. The summed E-state index contributed by atoms with van der Waals surface area (Å²) >= 11 is 0. The second-order valence-corrected chi connectivity index (χ2v) is 22.4. The Morgan fingerprint density at radius 2 is 0.673 bits per heavy atom. The Morgan fingerprint density at radius 3 is 0.888 bits per heavy atom. The number of para-hydroxylation sites is 8. The van der Waals surface area contributed by atoms with Crippen LogP contribution in [0.1, 0.15) is 66.9 Å². The van der Waals surface area contributed by atoms with Crippen LogP contribution in [0.5, 0.6) is 0 Å². The van der Waals surface area contributed by atoms with Gasteiger partial charge in [0.25, 0.3) is 0 Å². The number of carbonyl (C=O) groups excluding carboxylic acids is 3. The van der Waals surface area contributed by atoms with Gasteiger partial charge in [0.15, 0.2) is 0 Å². The molecule has 11 rings (SSSR count). The van der Waals surface area contributed by atoms with Crippen LogP contribution >= 0.6 is 0 Å². The molecule has 11 aromatic rings. The second kappa shape index (κ2) is 39.0. The van der Waals surface area contributed by atoms with Gasteiger partial charge in [0.05, 0.1) is 76.3 Å². The zero-order valence-electron chi connectivity index (χ0n) is 55.8. The van der Waals surface area contributed by atoms with Gasteiger partial charge < -0.3 is 77.6 Å². The van der Waals surface area contributed by atoms with Crippen molar-refractivity contribution in [3.05, 3.63) is 204 Å². The van der Waals surface area contributed by atoms with Gasteiger partial charge in [-0.25, -0.2) is 19.9 Å². The summed E-state index contributed by atoms with van der Waals surface area (Å²) in [5, 5.41) is 26.4. The van der Waals surface area contributed by atoms with Crippen molar-refractivity contribution in [1.82, 2.24) is 57.8 Å². The van der Waals surface area contributed by atoms with Crippen LogP contribution in [0.2, 0.25) is 0 Å². The van der Waals surface area contributed by atoms with E-state index in [0.29, 0.717) is 50.4 Å². The van der Waals surface area contributed by atoms with Crippen LogP contribution in [0.25, 0.3) is 66.4 Å². The van der Waals surface area contributed by atoms with E-state index in [4.69, 9.17) is 19.9 Å². The molecule has 4 heterocycles. The van der Waals surface area contributed by atoms with E-state index in [1.165, 1.54) is 9.80 Å². The fourth-order valence-electron chi connectivity index (χ4n) is 10.9. The van der Waals surface area contributed by atoms with Crippen molar-refractivity contribution >= 4 is 77.4 Å². The smallest absolute Gasteiger partial charge is 0.850 e. The molecule has 520 valence electrons. The third kappa shape index (κ3) is 24.4. The number of aromatic nitrogens is 8. The summed E-state index contributed by atoms with van der Waals surface area (Å²) in [5.41, 5.74) is 12.7. The van der Waals surface area contributed by atoms with Gasteiger partial charge in [-0.2, -0.15) is 0 Å². The molecular weight excluding hydrogens is 1360 g/mol. The van der Waals surface area contributed by atoms with Gasteiger partial charge in [0, 0.05) is 59.9 Å². The van der Waals surface area contributed by atoms with Gasteiger partial charge in [-0.3, -0.25) is 19.4 Å². The number of carbonyl (C=O) groups is 3. The number of aromatic carboxylic acids is 1. The van der Waals surface area contributed by atoms with Crippen LogP contribution in [0.15, 0.2) is 170 Å². The molecule has 2 radical (unpaired) electrons. The Labute approximate surface area is 586 Å². The Morgan fingerprint density at radius 1 is 0.449 bits per heavy atom. The van der Waals surface area contributed by atoms with E-state index in [9.17, 15) is 59.1 Å². The van der Waals surface area contributed by atoms with Crippen molar-refractivity contribution in [3.63, 3.8) is 0 Å². The molecule has 0 saturated heterocycles. The number of aryl methyl sites for hydroxylation is 5. The van der Waals surface area contributed by atoms with Crippen molar-refractivity contribution in [2.24, 2.45) is 0 Å². The summed E-state index contributed by atoms with van der Waals surface area (Å²) in [6.07, 6.45) is 0.572. The van der Waals surface area contributed by atoms with E-state index in [1.807, 2.05) is 104 Å². The Kier molecular flexibility index (Phi) is 32.6. The zero-order valence-corrected chi connectivity index (χ0v) is 58.0. The molecule has 4 aromatic heterocycles. The number of hydrogen-bond donors (Lipinski definition) is 0. The first-order valence-electron chi connectivity index (χ1n) is 31.0. The van der Waals surface area contributed by atoms with E-state index in [-0.39, 0.29) is 39.7 Å². The van der Waals surface area contributed by atoms with Gasteiger partial charge in [0.1, 0.15) is 23.3 Å². The average Bonchev–Trinajstić information content (AvgIpc) is 0.847. The zero-order chi connectivity index (χ0) is 70.3. The molecule has 0 bridgehead atoms. The fourth-order valence-corrected chi connectivity index (χ4v) is 10.9. The van der Waals surface area contributed by atoms with E-state index < -0.39 is 26.6 Å². The SMILES string of the molecule is CCn1c(CN(Cc2nc3ccccc3n2CC)CC([O-])CN(Cc2nc3ccccc3n2CC)Cc2nc3ccccc3n2CC)nc2ccccc21.CN(C)C=O.CN(C)C=O.Cc1cc(-c2ccccc2)c(C(=O)[O-])c(-c2ccccc2)c1.F[B-](F)(F)F.F[B-](F)(F)F.[Fe+3].[Fe+3]. The van der Waals surface area contributed by atoms with Crippen LogP contribution in [-0.2, 0) is 96.1 Å². The molecule has 0 unspecified atom stereocenters. The molecule has 29 heteroatoms. The summed E-state index contributed by atoms with van der Waals surface area (Å²) in [6, 6.07) is 56.0. The fraction of sp³-hybridized carbons (Fsp3) is 0.290. The summed E-state index contributed by atoms with van der Waals surface area (Å²) in [7, 11) is -5.25. The minimum atomic E-state index is -6.00. The van der Waals surface area contributed by atoms with Gasteiger partial charge >= 0.3 is 48.6 Å². The Hall–Kier alpha value is -8.68. The molecule has 0 fully saturated rings. The number of carboxylic acids is 1. The molecule has 0 saturated carbocycles. The van der Waals surface area contributed by atoms with Crippen LogP contribution < -0.4 is 10.2 Å². The molecule has 2 amide bonds. The largest absolute Gasteiger partial charge is 3.00 e. The number of nitrogens with zero attached hydrogens (tertiary/aromatic N) is 12. The molecule has 0 aliphatic rings. The summed E-state index contributed by atoms with van der Waals surface area (Å²) in [6.45, 7) is 16.5. The van der Waals surface area contributed by atoms with E-state index in [2.05, 4.69) is 129 Å². The minimum Gasteiger partial charge on any atom is -0.850 e. The van der Waals surface area contributed by atoms with Crippen molar-refractivity contribution in [2.75, 3.05) is 41.3 Å². The number of fused-ring (bicyclic) bond motifs is 4. The number of amides is 2. The van der Waals surface area contributed by atoms with Crippen molar-refractivity contribution in [3.8, 4) is 22.3 Å². The predicted molar refractivity (Wildman–Crippen MR) is 360 cm³/mol. The monoisotopic (exact) mass is 1440 g/mol. The molecular formula is C69H78B2F8Fe2N12O5+2. The molecule has 0 N–H and O–H groups in total. The Balaban J connectivity index is 0.000000379. The molecule has 0 atom stereocenters. The quantitative estimate of drug-likeness (QED) is 0.0379. The molecule has 17 nitrogen and oxygen atoms in total. The predicted octanol–water partition coefficient (Wildman–Crippen LogP) is 12.3. The normalized spacial score (nSPS) is 11.0. The van der Waals surface area contributed by atoms with Gasteiger partial charge in [-0.15, -0.1) is 6.10 Å². The number of carboxylic acid groups (broad SMARTS) is 1. The summed E-state index contributed by atoms with van der Waals surface area (Å²) in [4.78, 5) is 58.3. The molecule has 0 spiro atoms. The van der Waals surface area contributed by atoms with Gasteiger partial charge in [-0.1, -0.05) is 121 Å². The van der Waals surface area contributed by atoms with Crippen LogP contribution in [0, 0.1) is 6.92 Å². The number of rotatable bonds is 21. The van der Waals surface area contributed by atoms with E-state index in [1.54, 1.807) is 28.2 Å². The van der Waals surface area contributed by atoms with Crippen molar-refractivity contribution in [1.29, 1.82) is 0 Å². The maximum absolute atomic E-state index is 14.6. The number of hydrogen-bond acceptors (Lipinski definition) is 11. The first-order valence-corrected chi connectivity index (χ1v) is 31.0. The topological polar surface area (TPSA) is 182 Å². The van der Waals surface area contributed by atoms with Gasteiger partial charge in [0.2, 0.25) is 12.8 Å². The Bertz CT molecular complexity index is 3830. The number of imidazole rings is 4. The van der Waals surface area contributed by atoms with Gasteiger partial charge in [-0.05, 0) is 124 Å². The third-order valence-corrected chi connectivity index (χ3v) is 14.7. The summed E-state index contributed by atoms with van der Waals surface area (Å²) in [5.74, 6) is 2.66. The maximum atomic E-state index is 14.6. The van der Waals surface area contributed by atoms with Crippen molar-refractivity contribution < 1.29 is 93.3 Å². The standard InChI is InChI=1S/C43H49N10O.C20H16O2.2C3H7NO.2BF4.2Fe/c1-5-50-36-21-13-9-17-32(36)44-40(50)27-48(28-41-45-33-18-10-14-22-37(33)51(41)6-2)25-31(54)26-49(29-42-46-34-19-11-15-23-38(34)52(42)7-3)30-43-47-35-20-12-16-24-39(35)53(43)8-4;1-14-12-17(15-8-4-2-5-9-15)19(20(21)22)18(13-14)16-10-6-3-7-11-16;2*1-4(2)3-5;2*2-1(3,4)5;;/h9-24,31H,5-8,25-30H2,1-4H3;2-13H,1H3,(H,21,22);2*3H,1-2H3;;;;/q-1;;;;2*-1;2*+3/p-1. The molecule has 7 aromatic carbocycles. The number of halogens is 8. The maximum Gasteiger partial charge on any atom is 3.00 e. The third-order valence-electron chi connectivity index (χ3n) is 14.7. The van der Waals surface area contributed by atoms with E-state index >= 15 is 0 Å². The molecule has 0 aliphatic carbocycles. The van der Waals surface area contributed by atoms with Crippen LogP contribution in [0.3, 0.4) is 0 Å². The first-order chi connectivity index (χ1) is 45.7.